The van der Waals surface area contributed by atoms with Crippen LogP contribution >= 0.6 is 0 Å². The first-order chi connectivity index (χ1) is 8.08. The van der Waals surface area contributed by atoms with E-state index in [2.05, 4.69) is 15.0 Å². The van der Waals surface area contributed by atoms with Gasteiger partial charge >= 0.3 is 5.97 Å². The Kier molecular flexibility index (Phi) is 5.18. The van der Waals surface area contributed by atoms with E-state index >= 15 is 0 Å². The molecule has 1 heterocycles. The first kappa shape index (κ1) is 13.7. The Bertz CT molecular complexity index is 360. The Labute approximate surface area is 101 Å². The van der Waals surface area contributed by atoms with E-state index in [0.29, 0.717) is 18.2 Å². The molecule has 0 fully saturated rings. The summed E-state index contributed by atoms with van der Waals surface area (Å²) in [5.41, 5.74) is 1.33. The number of carbonyl (C=O) groups excluding carboxylic acids is 1. The highest BCUT2D eigenvalue weighted by Gasteiger charge is 2.12. The van der Waals surface area contributed by atoms with Crippen molar-refractivity contribution >= 4 is 5.97 Å². The number of rotatable bonds is 6. The number of hydrogen-bond acceptors (Lipinski definition) is 4. The van der Waals surface area contributed by atoms with Crippen LogP contribution in [-0.2, 0) is 11.3 Å². The topological polar surface area (TPSA) is 74.3 Å². The average Bonchev–Trinajstić information content (AvgIpc) is 2.77. The Morgan fingerprint density at radius 2 is 2.24 bits per heavy atom. The number of hydrogen-bond donors (Lipinski definition) is 3. The van der Waals surface area contributed by atoms with Gasteiger partial charge in [0.05, 0.1) is 13.7 Å². The molecule has 0 aliphatic rings. The highest BCUT2D eigenvalue weighted by molar-refractivity contribution is 5.87. The third-order valence-corrected chi connectivity index (χ3v) is 2.71. The molecular formula is C12H20N2O3. The van der Waals surface area contributed by atoms with E-state index < -0.39 is 0 Å². The Morgan fingerprint density at radius 1 is 1.53 bits per heavy atom. The van der Waals surface area contributed by atoms with Crippen molar-refractivity contribution in [1.82, 2.24) is 10.3 Å². The maximum absolute atomic E-state index is 11.2. The van der Waals surface area contributed by atoms with Crippen LogP contribution in [0.2, 0.25) is 0 Å². The number of aliphatic hydroxyl groups excluding tert-OH is 1. The van der Waals surface area contributed by atoms with E-state index in [1.807, 2.05) is 19.9 Å². The predicted molar refractivity (Wildman–Crippen MR) is 64.7 cm³/mol. The molecule has 0 aromatic carbocycles. The van der Waals surface area contributed by atoms with Crippen molar-refractivity contribution in [2.45, 2.75) is 26.4 Å². The second kappa shape index (κ2) is 6.42. The molecule has 0 bridgehead atoms. The van der Waals surface area contributed by atoms with Crippen molar-refractivity contribution in [3.8, 4) is 0 Å². The highest BCUT2D eigenvalue weighted by Crippen LogP contribution is 2.05. The molecule has 1 unspecified atom stereocenters. The number of nitrogens with one attached hydrogen (secondary N) is 2. The molecule has 3 N–H and O–H groups in total. The first-order valence-electron chi connectivity index (χ1n) is 5.69. The summed E-state index contributed by atoms with van der Waals surface area (Å²) in [5.74, 6) is -0.0196. The molecule has 96 valence electrons. The number of aromatic amines is 1. The second-order valence-corrected chi connectivity index (χ2v) is 4.30. The van der Waals surface area contributed by atoms with Crippen LogP contribution in [0.5, 0.6) is 0 Å². The largest absolute Gasteiger partial charge is 0.464 e. The van der Waals surface area contributed by atoms with Gasteiger partial charge in [-0.2, -0.15) is 0 Å². The van der Waals surface area contributed by atoms with Gasteiger partial charge in [-0.1, -0.05) is 13.8 Å². The predicted octanol–water partition coefficient (Wildman–Crippen LogP) is 0.908. The van der Waals surface area contributed by atoms with Gasteiger partial charge in [0, 0.05) is 18.3 Å². The molecule has 1 aromatic rings. The summed E-state index contributed by atoms with van der Waals surface area (Å²) < 4.78 is 4.60. The Balaban J connectivity index is 2.52. The maximum atomic E-state index is 11.2. The molecular weight excluding hydrogens is 220 g/mol. The number of methoxy groups -OCH3 is 1. The summed E-state index contributed by atoms with van der Waals surface area (Å²) in [7, 11) is 1.35. The molecule has 0 saturated carbocycles. The number of esters is 1. The summed E-state index contributed by atoms with van der Waals surface area (Å²) in [6.45, 7) is 4.77. The van der Waals surface area contributed by atoms with Gasteiger partial charge in [0.25, 0.3) is 0 Å². The lowest BCUT2D eigenvalue weighted by Gasteiger charge is -2.19. The minimum atomic E-state index is -0.376. The molecule has 5 heteroatoms. The molecule has 0 saturated heterocycles. The SMILES string of the molecule is COC(=O)c1ccc(CNC(CO)C(C)C)[nH]1. The number of ether oxygens (including phenoxy) is 1. The first-order valence-corrected chi connectivity index (χ1v) is 5.69. The second-order valence-electron chi connectivity index (χ2n) is 4.30. The van der Waals surface area contributed by atoms with Crippen molar-refractivity contribution in [1.29, 1.82) is 0 Å². The van der Waals surface area contributed by atoms with E-state index in [9.17, 15) is 4.79 Å². The van der Waals surface area contributed by atoms with Gasteiger partial charge in [0.15, 0.2) is 0 Å². The smallest absolute Gasteiger partial charge is 0.354 e. The third-order valence-electron chi connectivity index (χ3n) is 2.71. The quantitative estimate of drug-likeness (QED) is 0.646. The van der Waals surface area contributed by atoms with Crippen molar-refractivity contribution in [3.05, 3.63) is 23.5 Å². The number of carbonyl (C=O) groups is 1. The zero-order chi connectivity index (χ0) is 12.8. The lowest BCUT2D eigenvalue weighted by Crippen LogP contribution is -2.36. The maximum Gasteiger partial charge on any atom is 0.354 e. The standard InChI is InChI=1S/C12H20N2O3/c1-8(2)11(7-15)13-6-9-4-5-10(14-9)12(16)17-3/h4-5,8,11,13-15H,6-7H2,1-3H3. The van der Waals surface area contributed by atoms with Crippen molar-refractivity contribution in [2.75, 3.05) is 13.7 Å². The van der Waals surface area contributed by atoms with Crippen molar-refractivity contribution in [3.63, 3.8) is 0 Å². The van der Waals surface area contributed by atoms with Gasteiger partial charge in [0.2, 0.25) is 0 Å². The van der Waals surface area contributed by atoms with Gasteiger partial charge < -0.3 is 20.1 Å². The van der Waals surface area contributed by atoms with E-state index in [1.165, 1.54) is 7.11 Å². The molecule has 1 atom stereocenters. The van der Waals surface area contributed by atoms with Gasteiger partial charge in [-0.05, 0) is 18.1 Å². The van der Waals surface area contributed by atoms with E-state index in [1.54, 1.807) is 6.07 Å². The van der Waals surface area contributed by atoms with Crippen molar-refractivity contribution < 1.29 is 14.6 Å². The van der Waals surface area contributed by atoms with Crippen LogP contribution in [0.25, 0.3) is 0 Å². The van der Waals surface area contributed by atoms with Crippen LogP contribution in [-0.4, -0.2) is 35.8 Å². The minimum Gasteiger partial charge on any atom is -0.464 e. The normalized spacial score (nSPS) is 12.8. The fraction of sp³-hybridized carbons (Fsp3) is 0.583. The molecule has 0 radical (unpaired) electrons. The summed E-state index contributed by atoms with van der Waals surface area (Å²) in [6.07, 6.45) is 0. The number of aliphatic hydroxyl groups is 1. The molecule has 0 spiro atoms. The molecule has 5 nitrogen and oxygen atoms in total. The van der Waals surface area contributed by atoms with E-state index in [-0.39, 0.29) is 18.6 Å². The summed E-state index contributed by atoms with van der Waals surface area (Å²) in [5, 5.41) is 12.4. The molecule has 1 aromatic heterocycles. The summed E-state index contributed by atoms with van der Waals surface area (Å²) in [4.78, 5) is 14.2. The number of aromatic nitrogens is 1. The van der Waals surface area contributed by atoms with Crippen LogP contribution in [0.3, 0.4) is 0 Å². The van der Waals surface area contributed by atoms with Crippen LogP contribution < -0.4 is 5.32 Å². The highest BCUT2D eigenvalue weighted by atomic mass is 16.5. The zero-order valence-electron chi connectivity index (χ0n) is 10.5. The molecule has 1 rings (SSSR count). The Hall–Kier alpha value is -1.33. The number of H-pyrrole nitrogens is 1. The fourth-order valence-corrected chi connectivity index (χ4v) is 1.52. The van der Waals surface area contributed by atoms with Crippen LogP contribution in [0.15, 0.2) is 12.1 Å². The summed E-state index contributed by atoms with van der Waals surface area (Å²) in [6, 6.07) is 3.57. The molecule has 0 amide bonds. The van der Waals surface area contributed by atoms with Crippen LogP contribution in [0.4, 0.5) is 0 Å². The minimum absolute atomic E-state index is 0.0554. The van der Waals surface area contributed by atoms with Crippen molar-refractivity contribution in [2.24, 2.45) is 5.92 Å². The lowest BCUT2D eigenvalue weighted by molar-refractivity contribution is 0.0594. The fourth-order valence-electron chi connectivity index (χ4n) is 1.52. The average molecular weight is 240 g/mol. The third kappa shape index (κ3) is 3.87. The van der Waals surface area contributed by atoms with Crippen LogP contribution in [0, 0.1) is 5.92 Å². The molecule has 17 heavy (non-hydrogen) atoms. The van der Waals surface area contributed by atoms with Crippen LogP contribution in [0.1, 0.15) is 30.0 Å². The van der Waals surface area contributed by atoms with Gasteiger partial charge in [-0.15, -0.1) is 0 Å². The summed E-state index contributed by atoms with van der Waals surface area (Å²) >= 11 is 0. The lowest BCUT2D eigenvalue weighted by atomic mass is 10.1. The Morgan fingerprint density at radius 3 is 2.76 bits per heavy atom. The zero-order valence-corrected chi connectivity index (χ0v) is 10.5. The van der Waals surface area contributed by atoms with Gasteiger partial charge in [-0.25, -0.2) is 4.79 Å². The van der Waals surface area contributed by atoms with E-state index in [0.717, 1.165) is 5.69 Å². The monoisotopic (exact) mass is 240 g/mol. The van der Waals surface area contributed by atoms with Gasteiger partial charge in [0.1, 0.15) is 5.69 Å². The molecule has 0 aliphatic carbocycles. The molecule has 0 aliphatic heterocycles. The van der Waals surface area contributed by atoms with Gasteiger partial charge in [-0.3, -0.25) is 0 Å². The van der Waals surface area contributed by atoms with E-state index in [4.69, 9.17) is 5.11 Å².